The third-order valence-electron chi connectivity index (χ3n) is 6.99. The van der Waals surface area contributed by atoms with E-state index in [0.29, 0.717) is 13.2 Å². The summed E-state index contributed by atoms with van der Waals surface area (Å²) in [5.74, 6) is -1.79. The predicted molar refractivity (Wildman–Crippen MR) is 137 cm³/mol. The Labute approximate surface area is 214 Å². The molecule has 2 aromatic rings. The van der Waals surface area contributed by atoms with Crippen LogP contribution in [0.15, 0.2) is 66.7 Å². The van der Waals surface area contributed by atoms with Crippen molar-refractivity contribution in [2.24, 2.45) is 0 Å². The quantitative estimate of drug-likeness (QED) is 0.315. The van der Waals surface area contributed by atoms with E-state index in [0.717, 1.165) is 12.0 Å². The highest BCUT2D eigenvalue weighted by Crippen LogP contribution is 2.44. The molecule has 3 heterocycles. The first-order valence-electron chi connectivity index (χ1n) is 13.2. The Morgan fingerprint density at radius 1 is 0.944 bits per heavy atom. The SMILES string of the molecule is CCCCC/C=C/[C@H]1O[C@@H]2[C@@H](CO[C@]3(COC(C)(C)O3)[C@H]2OCc2ccc(-c3ccccc3)cc2)O1. The molecule has 0 aliphatic carbocycles. The molecule has 0 aromatic heterocycles. The first kappa shape index (κ1) is 25.6. The van der Waals surface area contributed by atoms with Crippen LogP contribution in [0, 0.1) is 0 Å². The van der Waals surface area contributed by atoms with Gasteiger partial charge in [-0.05, 0) is 49.5 Å². The zero-order valence-electron chi connectivity index (χ0n) is 21.6. The molecule has 0 N–H and O–H groups in total. The van der Waals surface area contributed by atoms with Gasteiger partial charge in [0.2, 0.25) is 5.79 Å². The second-order valence-corrected chi connectivity index (χ2v) is 10.3. The third-order valence-corrected chi connectivity index (χ3v) is 6.99. The Bertz CT molecular complexity index is 1000. The van der Waals surface area contributed by atoms with Crippen LogP contribution in [0.25, 0.3) is 11.1 Å². The Kier molecular flexibility index (Phi) is 7.91. The number of unbranched alkanes of at least 4 members (excludes halogenated alkanes) is 3. The van der Waals surface area contributed by atoms with Crippen molar-refractivity contribution in [3.8, 4) is 11.1 Å². The lowest BCUT2D eigenvalue weighted by Gasteiger charge is -2.43. The van der Waals surface area contributed by atoms with E-state index in [1.165, 1.54) is 30.4 Å². The number of benzene rings is 2. The summed E-state index contributed by atoms with van der Waals surface area (Å²) in [5.41, 5.74) is 3.43. The summed E-state index contributed by atoms with van der Waals surface area (Å²) in [4.78, 5) is 0. The molecule has 3 fully saturated rings. The summed E-state index contributed by atoms with van der Waals surface area (Å²) in [6.07, 6.45) is 7.35. The number of hydrogen-bond donors (Lipinski definition) is 0. The van der Waals surface area contributed by atoms with Crippen molar-refractivity contribution in [2.45, 2.75) is 89.2 Å². The highest BCUT2D eigenvalue weighted by molar-refractivity contribution is 5.63. The van der Waals surface area contributed by atoms with Crippen molar-refractivity contribution >= 4 is 0 Å². The van der Waals surface area contributed by atoms with Gasteiger partial charge in [0.15, 0.2) is 12.1 Å². The molecule has 0 saturated carbocycles. The maximum absolute atomic E-state index is 6.51. The largest absolute Gasteiger partial charge is 0.365 e. The molecule has 3 aliphatic heterocycles. The second kappa shape index (κ2) is 11.1. The average molecular weight is 495 g/mol. The van der Waals surface area contributed by atoms with Crippen molar-refractivity contribution in [2.75, 3.05) is 13.2 Å². The topological polar surface area (TPSA) is 55.4 Å². The van der Waals surface area contributed by atoms with Gasteiger partial charge in [-0.25, -0.2) is 0 Å². The van der Waals surface area contributed by atoms with Gasteiger partial charge in [-0.3, -0.25) is 0 Å². The van der Waals surface area contributed by atoms with Crippen molar-refractivity contribution < 1.29 is 28.4 Å². The lowest BCUT2D eigenvalue weighted by Crippen LogP contribution is -2.62. The van der Waals surface area contributed by atoms with E-state index in [-0.39, 0.29) is 18.8 Å². The summed E-state index contributed by atoms with van der Waals surface area (Å²) in [5, 5.41) is 0. The highest BCUT2D eigenvalue weighted by Gasteiger charge is 2.62. The third kappa shape index (κ3) is 5.75. The minimum atomic E-state index is -1.03. The van der Waals surface area contributed by atoms with E-state index in [1.54, 1.807) is 0 Å². The minimum absolute atomic E-state index is 0.223. The van der Waals surface area contributed by atoms with E-state index in [1.807, 2.05) is 38.1 Å². The molecular weight excluding hydrogens is 456 g/mol. The summed E-state index contributed by atoms with van der Waals surface area (Å²) in [7, 11) is 0. The normalized spacial score (nSPS) is 31.3. The smallest absolute Gasteiger partial charge is 0.224 e. The maximum atomic E-state index is 6.51. The molecule has 0 amide bonds. The van der Waals surface area contributed by atoms with Gasteiger partial charge in [0.1, 0.15) is 24.9 Å². The van der Waals surface area contributed by atoms with Crippen LogP contribution in [0.2, 0.25) is 0 Å². The first-order valence-corrected chi connectivity index (χ1v) is 13.2. The van der Waals surface area contributed by atoms with Crippen LogP contribution in [0.4, 0.5) is 0 Å². The van der Waals surface area contributed by atoms with Crippen LogP contribution in [-0.4, -0.2) is 49.4 Å². The van der Waals surface area contributed by atoms with Crippen LogP contribution < -0.4 is 0 Å². The molecule has 3 aliphatic rings. The van der Waals surface area contributed by atoms with Gasteiger partial charge in [-0.15, -0.1) is 0 Å². The Morgan fingerprint density at radius 3 is 2.44 bits per heavy atom. The van der Waals surface area contributed by atoms with Gasteiger partial charge in [-0.1, -0.05) is 80.4 Å². The number of fused-ring (bicyclic) bond motifs is 1. The fourth-order valence-electron chi connectivity index (χ4n) is 5.08. The zero-order chi connectivity index (χ0) is 25.0. The van der Waals surface area contributed by atoms with Crippen LogP contribution in [0.3, 0.4) is 0 Å². The number of allylic oxidation sites excluding steroid dienone is 1. The molecule has 1 spiro atoms. The molecule has 2 aromatic carbocycles. The molecule has 0 radical (unpaired) electrons. The van der Waals surface area contributed by atoms with E-state index in [4.69, 9.17) is 28.4 Å². The van der Waals surface area contributed by atoms with Crippen LogP contribution in [0.5, 0.6) is 0 Å². The van der Waals surface area contributed by atoms with Crippen LogP contribution >= 0.6 is 0 Å². The maximum Gasteiger partial charge on any atom is 0.224 e. The molecule has 3 saturated heterocycles. The number of ether oxygens (including phenoxy) is 6. The molecule has 6 heteroatoms. The van der Waals surface area contributed by atoms with Crippen LogP contribution in [0.1, 0.15) is 52.0 Å². The fraction of sp³-hybridized carbons (Fsp3) is 0.533. The van der Waals surface area contributed by atoms with Gasteiger partial charge < -0.3 is 28.4 Å². The van der Waals surface area contributed by atoms with Gasteiger partial charge in [0.25, 0.3) is 0 Å². The summed E-state index contributed by atoms with van der Waals surface area (Å²) < 4.78 is 37.5. The predicted octanol–water partition coefficient (Wildman–Crippen LogP) is 5.99. The first-order chi connectivity index (χ1) is 17.5. The van der Waals surface area contributed by atoms with Gasteiger partial charge >= 0.3 is 0 Å². The van der Waals surface area contributed by atoms with Crippen molar-refractivity contribution in [3.05, 3.63) is 72.3 Å². The fourth-order valence-corrected chi connectivity index (χ4v) is 5.08. The number of hydrogen-bond acceptors (Lipinski definition) is 6. The molecule has 0 unspecified atom stereocenters. The van der Waals surface area contributed by atoms with E-state index in [2.05, 4.69) is 49.4 Å². The van der Waals surface area contributed by atoms with E-state index < -0.39 is 24.0 Å². The molecule has 194 valence electrons. The van der Waals surface area contributed by atoms with Gasteiger partial charge in [0, 0.05) is 0 Å². The Morgan fingerprint density at radius 2 is 1.72 bits per heavy atom. The lowest BCUT2D eigenvalue weighted by atomic mass is 9.97. The Hall–Kier alpha value is -2.06. The van der Waals surface area contributed by atoms with Gasteiger partial charge in [0.05, 0.1) is 13.2 Å². The summed E-state index contributed by atoms with van der Waals surface area (Å²) in [6, 6.07) is 18.8. The lowest BCUT2D eigenvalue weighted by molar-refractivity contribution is -0.335. The standard InChI is InChI=1S/C30H38O6/c1-4-5-6-7-11-14-26-34-25-20-32-30(21-33-29(2,3)36-30)28(27(25)35-26)31-19-22-15-17-24(18-16-22)23-12-9-8-10-13-23/h8-18,25-28H,4-7,19-21H2,1-3H3/b14-11+/t25-,26-,27-,28+,30+/m1/s1. The van der Waals surface area contributed by atoms with Crippen molar-refractivity contribution in [3.63, 3.8) is 0 Å². The summed E-state index contributed by atoms with van der Waals surface area (Å²) >= 11 is 0. The molecule has 5 atom stereocenters. The molecule has 5 rings (SSSR count). The van der Waals surface area contributed by atoms with Crippen molar-refractivity contribution in [1.29, 1.82) is 0 Å². The highest BCUT2D eigenvalue weighted by atomic mass is 16.9. The summed E-state index contributed by atoms with van der Waals surface area (Å²) in [6.45, 7) is 7.05. The van der Waals surface area contributed by atoms with Crippen molar-refractivity contribution in [1.82, 2.24) is 0 Å². The van der Waals surface area contributed by atoms with Gasteiger partial charge in [-0.2, -0.15) is 0 Å². The van der Waals surface area contributed by atoms with E-state index >= 15 is 0 Å². The zero-order valence-corrected chi connectivity index (χ0v) is 21.6. The molecule has 36 heavy (non-hydrogen) atoms. The Balaban J connectivity index is 1.28. The van der Waals surface area contributed by atoms with E-state index in [9.17, 15) is 0 Å². The molecular formula is C30H38O6. The number of rotatable bonds is 9. The monoisotopic (exact) mass is 494 g/mol. The average Bonchev–Trinajstić information content (AvgIpc) is 3.44. The second-order valence-electron chi connectivity index (χ2n) is 10.3. The van der Waals surface area contributed by atoms with Crippen LogP contribution in [-0.2, 0) is 35.0 Å². The minimum Gasteiger partial charge on any atom is -0.365 e. The molecule has 0 bridgehead atoms. The molecule has 6 nitrogen and oxygen atoms in total.